The lowest BCUT2D eigenvalue weighted by Crippen LogP contribution is -2.40. The second-order valence-electron chi connectivity index (χ2n) is 9.64. The highest BCUT2D eigenvalue weighted by Crippen LogP contribution is 2.40. The van der Waals surface area contributed by atoms with Crippen LogP contribution in [-0.4, -0.2) is 73.5 Å². The Balaban J connectivity index is 1.50. The molecule has 1 fully saturated rings. The smallest absolute Gasteiger partial charge is 0.256 e. The van der Waals surface area contributed by atoms with E-state index in [9.17, 15) is 9.59 Å². The van der Waals surface area contributed by atoms with E-state index in [1.165, 1.54) is 5.56 Å². The van der Waals surface area contributed by atoms with Crippen molar-refractivity contribution in [3.05, 3.63) is 76.6 Å². The molecular formula is C29H32N4O3. The minimum absolute atomic E-state index is 0.0109. The summed E-state index contributed by atoms with van der Waals surface area (Å²) in [7, 11) is 4.15. The molecule has 2 amide bonds. The van der Waals surface area contributed by atoms with Crippen LogP contribution in [0, 0.1) is 6.92 Å². The molecule has 186 valence electrons. The van der Waals surface area contributed by atoms with Gasteiger partial charge in [-0.2, -0.15) is 0 Å². The number of morpholine rings is 1. The number of anilines is 1. The zero-order valence-corrected chi connectivity index (χ0v) is 21.1. The van der Waals surface area contributed by atoms with E-state index in [0.29, 0.717) is 37.4 Å². The Bertz CT molecular complexity index is 1330. The Kier molecular flexibility index (Phi) is 6.76. The number of ether oxygens (including phenoxy) is 1. The van der Waals surface area contributed by atoms with Crippen LogP contribution in [-0.2, 0) is 16.0 Å². The Labute approximate surface area is 211 Å². The first-order valence-electron chi connectivity index (χ1n) is 12.4. The first-order chi connectivity index (χ1) is 17.4. The van der Waals surface area contributed by atoms with Gasteiger partial charge in [0.2, 0.25) is 0 Å². The number of hydrogen-bond donors (Lipinski definition) is 2. The van der Waals surface area contributed by atoms with Crippen LogP contribution in [0.2, 0.25) is 0 Å². The van der Waals surface area contributed by atoms with Gasteiger partial charge in [0.25, 0.3) is 11.8 Å². The van der Waals surface area contributed by atoms with Crippen LogP contribution in [0.5, 0.6) is 0 Å². The van der Waals surface area contributed by atoms with Gasteiger partial charge >= 0.3 is 0 Å². The van der Waals surface area contributed by atoms with Gasteiger partial charge in [-0.05, 0) is 61.8 Å². The molecule has 5 rings (SSSR count). The van der Waals surface area contributed by atoms with Gasteiger partial charge in [0.1, 0.15) is 0 Å². The van der Waals surface area contributed by atoms with E-state index in [1.54, 1.807) is 6.20 Å². The molecule has 0 atom stereocenters. The number of fused-ring (bicyclic) bond motifs is 1. The van der Waals surface area contributed by atoms with Crippen LogP contribution < -0.4 is 5.32 Å². The van der Waals surface area contributed by atoms with Crippen LogP contribution in [0.15, 0.2) is 48.7 Å². The Morgan fingerprint density at radius 3 is 2.69 bits per heavy atom. The highest BCUT2D eigenvalue weighted by Gasteiger charge is 2.28. The Morgan fingerprint density at radius 2 is 1.92 bits per heavy atom. The van der Waals surface area contributed by atoms with E-state index in [1.807, 2.05) is 30.0 Å². The summed E-state index contributed by atoms with van der Waals surface area (Å²) in [6.45, 7) is 5.19. The average molecular weight is 485 g/mol. The summed E-state index contributed by atoms with van der Waals surface area (Å²) in [5.41, 5.74) is 7.86. The summed E-state index contributed by atoms with van der Waals surface area (Å²) in [4.78, 5) is 33.3. The van der Waals surface area contributed by atoms with E-state index < -0.39 is 0 Å². The predicted octanol–water partition coefficient (Wildman–Crippen LogP) is 4.06. The topological polar surface area (TPSA) is 77.7 Å². The Hall–Kier alpha value is -3.68. The van der Waals surface area contributed by atoms with Crippen molar-refractivity contribution in [3.63, 3.8) is 0 Å². The van der Waals surface area contributed by atoms with Gasteiger partial charge in [-0.3, -0.25) is 9.59 Å². The average Bonchev–Trinajstić information content (AvgIpc) is 3.42. The van der Waals surface area contributed by atoms with Crippen LogP contribution >= 0.6 is 0 Å². The number of nitrogens with one attached hydrogen (secondary N) is 2. The number of benzene rings is 2. The molecular weight excluding hydrogens is 452 g/mol. The molecule has 2 N–H and O–H groups in total. The summed E-state index contributed by atoms with van der Waals surface area (Å²) in [6, 6.07) is 14.5. The van der Waals surface area contributed by atoms with E-state index in [2.05, 4.69) is 59.6 Å². The van der Waals surface area contributed by atoms with E-state index in [0.717, 1.165) is 46.6 Å². The molecule has 0 unspecified atom stereocenters. The summed E-state index contributed by atoms with van der Waals surface area (Å²) in [5, 5.41) is 3.02. The van der Waals surface area contributed by atoms with Gasteiger partial charge in [-0.1, -0.05) is 36.4 Å². The zero-order valence-electron chi connectivity index (χ0n) is 21.1. The molecule has 3 aromatic rings. The fourth-order valence-electron chi connectivity index (χ4n) is 4.84. The third kappa shape index (κ3) is 4.72. The molecule has 7 heteroatoms. The normalized spacial score (nSPS) is 16.5. The lowest BCUT2D eigenvalue weighted by atomic mass is 9.93. The molecule has 0 radical (unpaired) electrons. The quantitative estimate of drug-likeness (QED) is 0.518. The number of carbonyl (C=O) groups excluding carboxylic acids is 2. The summed E-state index contributed by atoms with van der Waals surface area (Å²) in [6.07, 6.45) is 4.57. The number of rotatable bonds is 6. The standard InChI is InChI=1S/C29H32N4O3/c1-19-24(29(35)33-12-14-36-15-13-33)18-30-26(19)17-23-27-22(8-5-9-25(27)31-28(23)34)21-7-4-6-20(16-21)10-11-32(2)3/h4-9,16-18,30H,10-15H2,1-3H3,(H,31,34). The van der Waals surface area contributed by atoms with Gasteiger partial charge in [0.05, 0.1) is 24.4 Å². The van der Waals surface area contributed by atoms with Crippen LogP contribution in [0.4, 0.5) is 5.69 Å². The molecule has 1 saturated heterocycles. The molecule has 1 aromatic heterocycles. The van der Waals surface area contributed by atoms with Crippen LogP contribution in [0.1, 0.15) is 32.7 Å². The van der Waals surface area contributed by atoms with Crippen LogP contribution in [0.3, 0.4) is 0 Å². The highest BCUT2D eigenvalue weighted by atomic mass is 16.5. The lowest BCUT2D eigenvalue weighted by Gasteiger charge is -2.26. The molecule has 2 aromatic carbocycles. The second-order valence-corrected chi connectivity index (χ2v) is 9.64. The van der Waals surface area contributed by atoms with Crippen molar-refractivity contribution in [1.82, 2.24) is 14.8 Å². The number of amides is 2. The first kappa shape index (κ1) is 24.0. The molecule has 7 nitrogen and oxygen atoms in total. The molecule has 0 aliphatic carbocycles. The number of nitrogens with zero attached hydrogens (tertiary/aromatic N) is 2. The maximum atomic E-state index is 13.1. The van der Waals surface area contributed by atoms with Crippen molar-refractivity contribution in [2.75, 3.05) is 52.3 Å². The van der Waals surface area contributed by atoms with Crippen molar-refractivity contribution < 1.29 is 14.3 Å². The lowest BCUT2D eigenvalue weighted by molar-refractivity contribution is -0.110. The number of carbonyl (C=O) groups is 2. The minimum atomic E-state index is -0.142. The van der Waals surface area contributed by atoms with Gasteiger partial charge in [-0.15, -0.1) is 0 Å². The van der Waals surface area contributed by atoms with Gasteiger partial charge in [0.15, 0.2) is 0 Å². The molecule has 0 spiro atoms. The van der Waals surface area contributed by atoms with E-state index in [4.69, 9.17) is 4.74 Å². The minimum Gasteiger partial charge on any atom is -0.378 e. The van der Waals surface area contributed by atoms with Gasteiger partial charge < -0.3 is 24.8 Å². The second kappa shape index (κ2) is 10.1. The molecule has 0 bridgehead atoms. The van der Waals surface area contributed by atoms with Crippen LogP contribution in [0.25, 0.3) is 22.8 Å². The largest absolute Gasteiger partial charge is 0.378 e. The van der Waals surface area contributed by atoms with Crippen molar-refractivity contribution >= 4 is 29.2 Å². The number of hydrogen-bond acceptors (Lipinski definition) is 4. The van der Waals surface area contributed by atoms with Crippen molar-refractivity contribution in [2.45, 2.75) is 13.3 Å². The number of likely N-dealkylation sites (N-methyl/N-ethyl adjacent to an activating group) is 1. The molecule has 3 heterocycles. The maximum Gasteiger partial charge on any atom is 0.256 e. The van der Waals surface area contributed by atoms with Gasteiger partial charge in [-0.25, -0.2) is 0 Å². The predicted molar refractivity (Wildman–Crippen MR) is 143 cm³/mol. The summed E-state index contributed by atoms with van der Waals surface area (Å²) >= 11 is 0. The fraction of sp³-hybridized carbons (Fsp3) is 0.310. The summed E-state index contributed by atoms with van der Waals surface area (Å²) in [5.74, 6) is -0.153. The molecule has 36 heavy (non-hydrogen) atoms. The highest BCUT2D eigenvalue weighted by molar-refractivity contribution is 6.36. The fourth-order valence-corrected chi connectivity index (χ4v) is 4.84. The number of aromatic nitrogens is 1. The monoisotopic (exact) mass is 484 g/mol. The van der Waals surface area contributed by atoms with E-state index in [-0.39, 0.29) is 11.8 Å². The first-order valence-corrected chi connectivity index (χ1v) is 12.4. The summed E-state index contributed by atoms with van der Waals surface area (Å²) < 4.78 is 5.38. The third-order valence-electron chi connectivity index (χ3n) is 6.91. The number of H-pyrrole nitrogens is 1. The SMILES string of the molecule is Cc1c(C(=O)N2CCOCC2)c[nH]c1C=C1C(=O)Nc2cccc(-c3cccc(CCN(C)C)c3)c21. The maximum absolute atomic E-state index is 13.1. The molecule has 2 aliphatic heterocycles. The zero-order chi connectivity index (χ0) is 25.2. The van der Waals surface area contributed by atoms with Gasteiger partial charge in [0, 0.05) is 42.8 Å². The Morgan fingerprint density at radius 1 is 1.14 bits per heavy atom. The van der Waals surface area contributed by atoms with Crippen molar-refractivity contribution in [3.8, 4) is 11.1 Å². The third-order valence-corrected chi connectivity index (χ3v) is 6.91. The van der Waals surface area contributed by atoms with E-state index >= 15 is 0 Å². The van der Waals surface area contributed by atoms with Crippen molar-refractivity contribution in [2.24, 2.45) is 0 Å². The number of aromatic amines is 1. The molecule has 2 aliphatic rings. The molecule has 0 saturated carbocycles. The van der Waals surface area contributed by atoms with Crippen molar-refractivity contribution in [1.29, 1.82) is 0 Å².